The number of hydrogen-bond donors (Lipinski definition) is 1. The van der Waals surface area contributed by atoms with Crippen LogP contribution >= 0.6 is 11.8 Å². The minimum Gasteiger partial charge on any atom is -0.388 e. The minimum absolute atomic E-state index is 0.109. The molecule has 0 bridgehead atoms. The van der Waals surface area contributed by atoms with Gasteiger partial charge in [-0.1, -0.05) is 36.0 Å². The van der Waals surface area contributed by atoms with Crippen LogP contribution in [0.1, 0.15) is 5.69 Å². The average Bonchev–Trinajstić information content (AvgIpc) is 3.05. The van der Waals surface area contributed by atoms with Crippen LogP contribution in [0.4, 0.5) is 11.4 Å². The molecule has 6 nitrogen and oxygen atoms in total. The third kappa shape index (κ3) is 3.57. The number of anilines is 1. The summed E-state index contributed by atoms with van der Waals surface area (Å²) in [5.41, 5.74) is 3.10. The number of fused-ring (bicyclic) bond motifs is 1. The van der Waals surface area contributed by atoms with Gasteiger partial charge in [0.2, 0.25) is 0 Å². The predicted octanol–water partition coefficient (Wildman–Crippen LogP) is 5.19. The minimum atomic E-state index is -0.340. The van der Waals surface area contributed by atoms with Gasteiger partial charge < -0.3 is 9.88 Å². The highest BCUT2D eigenvalue weighted by atomic mass is 32.2. The summed E-state index contributed by atoms with van der Waals surface area (Å²) in [5.74, 6) is 0. The molecule has 0 saturated carbocycles. The fourth-order valence-electron chi connectivity index (χ4n) is 3.09. The van der Waals surface area contributed by atoms with E-state index in [4.69, 9.17) is 0 Å². The summed E-state index contributed by atoms with van der Waals surface area (Å²) in [6, 6.07) is 20.9. The molecule has 2 heterocycles. The molecule has 0 fully saturated rings. The van der Waals surface area contributed by atoms with E-state index < -0.39 is 0 Å². The summed E-state index contributed by atoms with van der Waals surface area (Å²) in [7, 11) is 1.89. The zero-order chi connectivity index (χ0) is 19.5. The first-order valence-corrected chi connectivity index (χ1v) is 9.59. The van der Waals surface area contributed by atoms with E-state index in [1.807, 2.05) is 37.4 Å². The van der Waals surface area contributed by atoms with Gasteiger partial charge in [-0.2, -0.15) is 0 Å². The van der Waals surface area contributed by atoms with Gasteiger partial charge in [0.1, 0.15) is 0 Å². The topological polar surface area (TPSA) is 73.0 Å². The molecule has 7 heteroatoms. The first kappa shape index (κ1) is 18.1. The monoisotopic (exact) mass is 390 g/mol. The summed E-state index contributed by atoms with van der Waals surface area (Å²) in [6.45, 7) is 0.584. The number of para-hydroxylation sites is 1. The number of nitrogens with one attached hydrogen (secondary N) is 1. The quantitative estimate of drug-likeness (QED) is 0.362. The number of aromatic nitrogens is 2. The largest absolute Gasteiger partial charge is 0.388 e. The Kier molecular flexibility index (Phi) is 4.99. The number of rotatable bonds is 6. The fraction of sp³-hybridized carbons (Fsp3) is 0.0952. The van der Waals surface area contributed by atoms with Gasteiger partial charge in [0.25, 0.3) is 5.69 Å². The second-order valence-corrected chi connectivity index (χ2v) is 7.30. The van der Waals surface area contributed by atoms with E-state index in [1.165, 1.54) is 17.8 Å². The molecule has 28 heavy (non-hydrogen) atoms. The van der Waals surface area contributed by atoms with Crippen LogP contribution in [0.3, 0.4) is 0 Å². The van der Waals surface area contributed by atoms with Gasteiger partial charge in [0.15, 0.2) is 0 Å². The SMILES string of the molecule is CNc1ccc2cc(Sc3ccccc3[N+](=O)[O-])n(Cc3ccccn3)c2c1. The highest BCUT2D eigenvalue weighted by molar-refractivity contribution is 7.99. The molecule has 2 aromatic heterocycles. The molecule has 0 spiro atoms. The van der Waals surface area contributed by atoms with Gasteiger partial charge in [-0.15, -0.1) is 0 Å². The molecule has 4 rings (SSSR count). The van der Waals surface area contributed by atoms with Crippen LogP contribution in [0, 0.1) is 10.1 Å². The zero-order valence-corrected chi connectivity index (χ0v) is 16.0. The first-order chi connectivity index (χ1) is 13.7. The van der Waals surface area contributed by atoms with Crippen LogP contribution < -0.4 is 5.32 Å². The van der Waals surface area contributed by atoms with E-state index >= 15 is 0 Å². The van der Waals surface area contributed by atoms with E-state index in [0.29, 0.717) is 11.4 Å². The van der Waals surface area contributed by atoms with Crippen LogP contribution in [0.25, 0.3) is 10.9 Å². The van der Waals surface area contributed by atoms with Crippen molar-refractivity contribution >= 4 is 34.0 Å². The van der Waals surface area contributed by atoms with Gasteiger partial charge in [-0.25, -0.2) is 0 Å². The summed E-state index contributed by atoms with van der Waals surface area (Å²) in [6.07, 6.45) is 1.77. The normalized spacial score (nSPS) is 10.9. The lowest BCUT2D eigenvalue weighted by Crippen LogP contribution is -2.03. The molecule has 0 aliphatic rings. The van der Waals surface area contributed by atoms with Gasteiger partial charge >= 0.3 is 0 Å². The third-order valence-electron chi connectivity index (χ3n) is 4.48. The second kappa shape index (κ2) is 7.74. The second-order valence-electron chi connectivity index (χ2n) is 6.24. The number of pyridine rings is 1. The summed E-state index contributed by atoms with van der Waals surface area (Å²) in [5, 5.41) is 16.6. The molecule has 0 atom stereocenters. The van der Waals surface area contributed by atoms with Crippen molar-refractivity contribution in [3.05, 3.63) is 88.7 Å². The molecular formula is C21H18N4O2S. The first-order valence-electron chi connectivity index (χ1n) is 8.78. The lowest BCUT2D eigenvalue weighted by molar-refractivity contribution is -0.387. The highest BCUT2D eigenvalue weighted by Gasteiger charge is 2.17. The molecule has 2 aromatic carbocycles. The summed E-state index contributed by atoms with van der Waals surface area (Å²) >= 11 is 1.40. The molecular weight excluding hydrogens is 372 g/mol. The molecule has 140 valence electrons. The molecule has 0 saturated heterocycles. The Bertz CT molecular complexity index is 1140. The number of hydrogen-bond acceptors (Lipinski definition) is 5. The Hall–Kier alpha value is -3.32. The van der Waals surface area contributed by atoms with Gasteiger partial charge in [-0.05, 0) is 36.4 Å². The molecule has 4 aromatic rings. The van der Waals surface area contributed by atoms with Crippen LogP contribution in [-0.4, -0.2) is 21.5 Å². The Labute approximate surface area is 166 Å². The van der Waals surface area contributed by atoms with Crippen LogP contribution in [0.15, 0.2) is 82.8 Å². The van der Waals surface area contributed by atoms with E-state index in [9.17, 15) is 10.1 Å². The molecule has 1 N–H and O–H groups in total. The maximum Gasteiger partial charge on any atom is 0.283 e. The van der Waals surface area contributed by atoms with E-state index in [1.54, 1.807) is 18.3 Å². The standard InChI is InChI=1S/C21H18N4O2S/c1-22-16-10-9-15-12-21(28-20-8-3-2-7-18(20)25(26)27)24(19(15)13-16)14-17-6-4-5-11-23-17/h2-13,22H,14H2,1H3. The van der Waals surface area contributed by atoms with Crippen molar-refractivity contribution in [1.29, 1.82) is 0 Å². The van der Waals surface area contributed by atoms with Crippen LogP contribution in [0.2, 0.25) is 0 Å². The number of nitro groups is 1. The van der Waals surface area contributed by atoms with Gasteiger partial charge in [-0.3, -0.25) is 15.1 Å². The molecule has 0 aliphatic carbocycles. The summed E-state index contributed by atoms with van der Waals surface area (Å²) < 4.78 is 2.15. The van der Waals surface area contributed by atoms with Crippen molar-refractivity contribution in [2.75, 3.05) is 12.4 Å². The average molecular weight is 390 g/mol. The highest BCUT2D eigenvalue weighted by Crippen LogP contribution is 2.38. The molecule has 0 unspecified atom stereocenters. The van der Waals surface area contributed by atoms with Gasteiger partial charge in [0, 0.05) is 30.4 Å². The number of nitrogens with zero attached hydrogens (tertiary/aromatic N) is 3. The molecule has 0 amide bonds. The predicted molar refractivity (Wildman–Crippen MR) is 112 cm³/mol. The lowest BCUT2D eigenvalue weighted by Gasteiger charge is -2.11. The van der Waals surface area contributed by atoms with E-state index in [2.05, 4.69) is 33.1 Å². The molecule has 0 aliphatic heterocycles. The van der Waals surface area contributed by atoms with Crippen molar-refractivity contribution in [3.63, 3.8) is 0 Å². The maximum atomic E-state index is 11.4. The van der Waals surface area contributed by atoms with Crippen molar-refractivity contribution in [2.24, 2.45) is 0 Å². The van der Waals surface area contributed by atoms with Crippen molar-refractivity contribution in [3.8, 4) is 0 Å². The smallest absolute Gasteiger partial charge is 0.283 e. The fourth-order valence-corrected chi connectivity index (χ4v) is 4.17. The van der Waals surface area contributed by atoms with Crippen LogP contribution in [0.5, 0.6) is 0 Å². The Morgan fingerprint density at radius 2 is 1.93 bits per heavy atom. The van der Waals surface area contributed by atoms with E-state index in [0.717, 1.165) is 27.3 Å². The number of benzene rings is 2. The molecule has 0 radical (unpaired) electrons. The Morgan fingerprint density at radius 3 is 2.68 bits per heavy atom. The van der Waals surface area contributed by atoms with Gasteiger partial charge in [0.05, 0.1) is 32.6 Å². The van der Waals surface area contributed by atoms with E-state index in [-0.39, 0.29) is 10.6 Å². The third-order valence-corrected chi connectivity index (χ3v) is 5.59. The Balaban J connectivity index is 1.83. The summed E-state index contributed by atoms with van der Waals surface area (Å²) in [4.78, 5) is 16.1. The number of nitro benzene ring substituents is 1. The van der Waals surface area contributed by atoms with Crippen molar-refractivity contribution in [2.45, 2.75) is 16.5 Å². The maximum absolute atomic E-state index is 11.4. The zero-order valence-electron chi connectivity index (χ0n) is 15.2. The van der Waals surface area contributed by atoms with Crippen LogP contribution in [-0.2, 0) is 6.54 Å². The van der Waals surface area contributed by atoms with Crippen molar-refractivity contribution in [1.82, 2.24) is 9.55 Å². The lowest BCUT2D eigenvalue weighted by atomic mass is 10.2. The Morgan fingerprint density at radius 1 is 1.11 bits per heavy atom. The van der Waals surface area contributed by atoms with Crippen molar-refractivity contribution < 1.29 is 4.92 Å².